The summed E-state index contributed by atoms with van der Waals surface area (Å²) in [5, 5.41) is 16.6. The number of nitrogens with zero attached hydrogens (tertiary/aromatic N) is 2. The standard InChI is InChI=1S/C26H29F3N4O3/c27-26(28,29)18-5-3-4-16(10-18)24(35)31-14-23(34)32-20-7-9-33(15-20)21-12-19-11-17(21)13-25(19,36)22-6-1-2-8-30-22/h1-6,8,10,17,19-21,36H,7,9,11-15H2,(H,31,35)(H,32,34). The van der Waals surface area contributed by atoms with Crippen molar-refractivity contribution in [3.63, 3.8) is 0 Å². The molecule has 2 heterocycles. The Morgan fingerprint density at radius 2 is 2.00 bits per heavy atom. The van der Waals surface area contributed by atoms with Crippen LogP contribution in [0.3, 0.4) is 0 Å². The minimum atomic E-state index is -4.54. The molecule has 2 aliphatic carbocycles. The molecule has 5 unspecified atom stereocenters. The van der Waals surface area contributed by atoms with Gasteiger partial charge in [-0.05, 0) is 67.9 Å². The summed E-state index contributed by atoms with van der Waals surface area (Å²) in [4.78, 5) is 31.4. The SMILES string of the molecule is O=C(CNC(=O)c1cccc(C(F)(F)F)c1)NC1CCN(C2CC3CC2CC3(O)c2ccccn2)C1. The Labute approximate surface area is 207 Å². The number of nitrogens with one attached hydrogen (secondary N) is 2. The van der Waals surface area contributed by atoms with Gasteiger partial charge in [0.15, 0.2) is 0 Å². The Morgan fingerprint density at radius 3 is 2.69 bits per heavy atom. The number of rotatable bonds is 6. The highest BCUT2D eigenvalue weighted by molar-refractivity contribution is 5.96. The molecule has 2 saturated carbocycles. The number of fused-ring (bicyclic) bond motifs is 2. The normalized spacial score (nSPS) is 29.9. The maximum atomic E-state index is 12.9. The van der Waals surface area contributed by atoms with Gasteiger partial charge in [0.1, 0.15) is 5.60 Å². The van der Waals surface area contributed by atoms with Gasteiger partial charge in [-0.25, -0.2) is 0 Å². The second-order valence-corrected chi connectivity index (χ2v) is 10.1. The molecule has 5 atom stereocenters. The molecule has 0 radical (unpaired) electrons. The first-order valence-electron chi connectivity index (χ1n) is 12.3. The molecule has 0 spiro atoms. The van der Waals surface area contributed by atoms with Crippen LogP contribution in [-0.4, -0.2) is 58.5 Å². The molecule has 192 valence electrons. The smallest absolute Gasteiger partial charge is 0.383 e. The van der Waals surface area contributed by atoms with Gasteiger partial charge < -0.3 is 15.7 Å². The zero-order valence-electron chi connectivity index (χ0n) is 19.7. The van der Waals surface area contributed by atoms with Crippen molar-refractivity contribution in [2.45, 2.75) is 49.5 Å². The van der Waals surface area contributed by atoms with Gasteiger partial charge in [0.2, 0.25) is 5.91 Å². The van der Waals surface area contributed by atoms with Crippen molar-refractivity contribution in [1.82, 2.24) is 20.5 Å². The number of carbonyl (C=O) groups is 2. The molecule has 1 aromatic heterocycles. The number of alkyl halides is 3. The summed E-state index contributed by atoms with van der Waals surface area (Å²) in [6.45, 7) is 1.23. The summed E-state index contributed by atoms with van der Waals surface area (Å²) in [7, 11) is 0. The Balaban J connectivity index is 1.09. The van der Waals surface area contributed by atoms with Crippen LogP contribution in [-0.2, 0) is 16.6 Å². The summed E-state index contributed by atoms with van der Waals surface area (Å²) >= 11 is 0. The maximum absolute atomic E-state index is 12.9. The highest BCUT2D eigenvalue weighted by atomic mass is 19.4. The van der Waals surface area contributed by atoms with Crippen LogP contribution in [0, 0.1) is 11.8 Å². The van der Waals surface area contributed by atoms with Crippen molar-refractivity contribution >= 4 is 11.8 Å². The molecular weight excluding hydrogens is 473 g/mol. The number of aromatic nitrogens is 1. The van der Waals surface area contributed by atoms with E-state index < -0.39 is 23.2 Å². The van der Waals surface area contributed by atoms with Crippen molar-refractivity contribution < 1.29 is 27.9 Å². The van der Waals surface area contributed by atoms with E-state index in [9.17, 15) is 27.9 Å². The third-order valence-electron chi connectivity index (χ3n) is 7.93. The quantitative estimate of drug-likeness (QED) is 0.565. The van der Waals surface area contributed by atoms with E-state index in [0.29, 0.717) is 24.9 Å². The van der Waals surface area contributed by atoms with Gasteiger partial charge in [0, 0.05) is 36.9 Å². The lowest BCUT2D eigenvalue weighted by atomic mass is 9.79. The van der Waals surface area contributed by atoms with Crippen LogP contribution >= 0.6 is 0 Å². The van der Waals surface area contributed by atoms with E-state index in [0.717, 1.165) is 49.7 Å². The lowest BCUT2D eigenvalue weighted by molar-refractivity contribution is -0.137. The van der Waals surface area contributed by atoms with Crippen molar-refractivity contribution in [3.8, 4) is 0 Å². The number of hydrogen-bond acceptors (Lipinski definition) is 5. The molecule has 2 bridgehead atoms. The molecule has 3 aliphatic rings. The van der Waals surface area contributed by atoms with Crippen molar-refractivity contribution in [2.24, 2.45) is 11.8 Å². The molecule has 5 rings (SSSR count). The van der Waals surface area contributed by atoms with E-state index in [4.69, 9.17) is 0 Å². The van der Waals surface area contributed by atoms with Crippen LogP contribution in [0.1, 0.15) is 47.3 Å². The number of likely N-dealkylation sites (tertiary alicyclic amines) is 1. The summed E-state index contributed by atoms with van der Waals surface area (Å²) in [6.07, 6.45) is 0.503. The van der Waals surface area contributed by atoms with E-state index in [1.807, 2.05) is 18.2 Å². The van der Waals surface area contributed by atoms with Crippen LogP contribution in [0.2, 0.25) is 0 Å². The van der Waals surface area contributed by atoms with E-state index >= 15 is 0 Å². The predicted molar refractivity (Wildman–Crippen MR) is 125 cm³/mol. The molecule has 2 aromatic rings. The number of halogens is 3. The molecule has 3 fully saturated rings. The van der Waals surface area contributed by atoms with Crippen LogP contribution in [0.5, 0.6) is 0 Å². The summed E-state index contributed by atoms with van der Waals surface area (Å²) in [6, 6.07) is 10.1. The Kier molecular flexibility index (Phi) is 6.50. The van der Waals surface area contributed by atoms with E-state index in [2.05, 4.69) is 20.5 Å². The van der Waals surface area contributed by atoms with Gasteiger partial charge in [-0.15, -0.1) is 0 Å². The van der Waals surface area contributed by atoms with Crippen molar-refractivity contribution in [1.29, 1.82) is 0 Å². The number of hydrogen-bond donors (Lipinski definition) is 3. The fourth-order valence-electron chi connectivity index (χ4n) is 6.24. The predicted octanol–water partition coefficient (Wildman–Crippen LogP) is 2.71. The second-order valence-electron chi connectivity index (χ2n) is 10.1. The minimum Gasteiger partial charge on any atom is -0.383 e. The molecule has 1 aromatic carbocycles. The fraction of sp³-hybridized carbons (Fsp3) is 0.500. The van der Waals surface area contributed by atoms with Gasteiger partial charge in [0.05, 0.1) is 17.8 Å². The van der Waals surface area contributed by atoms with Gasteiger partial charge in [-0.2, -0.15) is 13.2 Å². The molecule has 2 amide bonds. The molecule has 10 heteroatoms. The molecular formula is C26H29F3N4O3. The zero-order chi connectivity index (χ0) is 25.5. The third kappa shape index (κ3) is 4.84. The number of pyridine rings is 1. The highest BCUT2D eigenvalue weighted by Crippen LogP contribution is 2.56. The van der Waals surface area contributed by atoms with Crippen LogP contribution in [0.15, 0.2) is 48.7 Å². The molecule has 1 aliphatic heterocycles. The van der Waals surface area contributed by atoms with E-state index in [1.54, 1.807) is 6.20 Å². The first kappa shape index (κ1) is 24.7. The monoisotopic (exact) mass is 502 g/mol. The molecule has 1 saturated heterocycles. The highest BCUT2D eigenvalue weighted by Gasteiger charge is 2.57. The number of benzene rings is 1. The first-order valence-corrected chi connectivity index (χ1v) is 12.3. The van der Waals surface area contributed by atoms with Gasteiger partial charge in [-0.3, -0.25) is 19.5 Å². The lowest BCUT2D eigenvalue weighted by Gasteiger charge is -2.39. The summed E-state index contributed by atoms with van der Waals surface area (Å²) in [5.74, 6) is -0.559. The minimum absolute atomic E-state index is 0.0586. The summed E-state index contributed by atoms with van der Waals surface area (Å²) < 4.78 is 38.6. The van der Waals surface area contributed by atoms with Crippen LogP contribution < -0.4 is 10.6 Å². The topological polar surface area (TPSA) is 94.6 Å². The number of aliphatic hydroxyl groups is 1. The first-order chi connectivity index (χ1) is 17.1. The van der Waals surface area contributed by atoms with Crippen LogP contribution in [0.25, 0.3) is 0 Å². The van der Waals surface area contributed by atoms with Gasteiger partial charge >= 0.3 is 6.18 Å². The molecule has 7 nitrogen and oxygen atoms in total. The average Bonchev–Trinajstić information content (AvgIpc) is 3.57. The van der Waals surface area contributed by atoms with Crippen molar-refractivity contribution in [2.75, 3.05) is 19.6 Å². The third-order valence-corrected chi connectivity index (χ3v) is 7.93. The lowest BCUT2D eigenvalue weighted by Crippen LogP contribution is -2.46. The van der Waals surface area contributed by atoms with Gasteiger partial charge in [0.25, 0.3) is 5.91 Å². The number of carbonyl (C=O) groups excluding carboxylic acids is 2. The molecule has 3 N–H and O–H groups in total. The van der Waals surface area contributed by atoms with E-state index in [1.165, 1.54) is 6.07 Å². The van der Waals surface area contributed by atoms with Crippen LogP contribution in [0.4, 0.5) is 13.2 Å². The fourth-order valence-corrected chi connectivity index (χ4v) is 6.24. The Bertz CT molecular complexity index is 1130. The molecule has 36 heavy (non-hydrogen) atoms. The zero-order valence-corrected chi connectivity index (χ0v) is 19.7. The Morgan fingerprint density at radius 1 is 1.17 bits per heavy atom. The summed E-state index contributed by atoms with van der Waals surface area (Å²) in [5.41, 5.74) is -1.18. The average molecular weight is 503 g/mol. The number of amides is 2. The maximum Gasteiger partial charge on any atom is 0.416 e. The van der Waals surface area contributed by atoms with Gasteiger partial charge in [-0.1, -0.05) is 12.1 Å². The second kappa shape index (κ2) is 9.48. The van der Waals surface area contributed by atoms with E-state index in [-0.39, 0.29) is 30.0 Å². The Hall–Kier alpha value is -2.98. The van der Waals surface area contributed by atoms with Crippen molar-refractivity contribution in [3.05, 3.63) is 65.5 Å². The largest absolute Gasteiger partial charge is 0.416 e.